The van der Waals surface area contributed by atoms with Crippen molar-refractivity contribution >= 4 is 17.3 Å². The van der Waals surface area contributed by atoms with E-state index in [1.807, 2.05) is 0 Å². The average Bonchev–Trinajstić information content (AvgIpc) is 2.49. The molecule has 2 rings (SSSR count). The molecule has 23 heavy (non-hydrogen) atoms. The molecule has 2 aromatic rings. The maximum atomic E-state index is 11.0. The second-order valence-electron chi connectivity index (χ2n) is 4.63. The van der Waals surface area contributed by atoms with Crippen molar-refractivity contribution in [2.75, 3.05) is 11.9 Å². The number of nitro benzene ring substituents is 1. The molecule has 0 spiro atoms. The van der Waals surface area contributed by atoms with Crippen LogP contribution in [0.25, 0.3) is 0 Å². The molecule has 0 fully saturated rings. The van der Waals surface area contributed by atoms with Crippen molar-refractivity contribution in [1.29, 1.82) is 0 Å². The van der Waals surface area contributed by atoms with Crippen molar-refractivity contribution in [2.45, 2.75) is 13.8 Å². The highest BCUT2D eigenvalue weighted by Crippen LogP contribution is 2.33. The smallest absolute Gasteiger partial charge is 0.311 e. The zero-order chi connectivity index (χ0) is 16.8. The molecule has 0 aliphatic rings. The maximum Gasteiger partial charge on any atom is 0.311 e. The maximum absolute atomic E-state index is 11.0. The Labute approximate surface area is 133 Å². The number of rotatable bonds is 6. The molecule has 0 radical (unpaired) electrons. The summed E-state index contributed by atoms with van der Waals surface area (Å²) in [6.45, 7) is 3.49. The van der Waals surface area contributed by atoms with E-state index in [4.69, 9.17) is 9.47 Å². The molecular formula is C16H16N2O5. The Bertz CT molecular complexity index is 713. The number of benzene rings is 2. The first-order valence-corrected chi connectivity index (χ1v) is 6.96. The summed E-state index contributed by atoms with van der Waals surface area (Å²) in [6, 6.07) is 11.1. The molecule has 0 heterocycles. The van der Waals surface area contributed by atoms with Gasteiger partial charge in [0.05, 0.1) is 11.5 Å². The van der Waals surface area contributed by atoms with Crippen LogP contribution in [0.3, 0.4) is 0 Å². The van der Waals surface area contributed by atoms with Gasteiger partial charge < -0.3 is 14.8 Å². The Morgan fingerprint density at radius 3 is 2.39 bits per heavy atom. The molecule has 120 valence electrons. The van der Waals surface area contributed by atoms with E-state index in [0.29, 0.717) is 23.8 Å². The molecule has 7 nitrogen and oxygen atoms in total. The summed E-state index contributed by atoms with van der Waals surface area (Å²) in [4.78, 5) is 21.4. The third-order valence-corrected chi connectivity index (χ3v) is 2.84. The lowest BCUT2D eigenvalue weighted by Crippen LogP contribution is -2.05. The van der Waals surface area contributed by atoms with Crippen LogP contribution >= 0.6 is 0 Å². The number of anilines is 1. The van der Waals surface area contributed by atoms with Gasteiger partial charge in [-0.2, -0.15) is 0 Å². The second kappa shape index (κ2) is 7.26. The summed E-state index contributed by atoms with van der Waals surface area (Å²) >= 11 is 0. The highest BCUT2D eigenvalue weighted by atomic mass is 16.6. The van der Waals surface area contributed by atoms with Crippen LogP contribution in [0.1, 0.15) is 13.8 Å². The number of carbonyl (C=O) groups excluding carboxylic acids is 1. The van der Waals surface area contributed by atoms with Crippen LogP contribution in [0.5, 0.6) is 17.2 Å². The predicted octanol–water partition coefficient (Wildman–Crippen LogP) is 3.74. The van der Waals surface area contributed by atoms with Gasteiger partial charge >= 0.3 is 5.69 Å². The molecule has 0 atom stereocenters. The average molecular weight is 316 g/mol. The van der Waals surface area contributed by atoms with E-state index in [2.05, 4.69) is 5.32 Å². The first-order chi connectivity index (χ1) is 11.0. The van der Waals surface area contributed by atoms with E-state index in [9.17, 15) is 14.9 Å². The number of carbonyl (C=O) groups is 1. The van der Waals surface area contributed by atoms with Gasteiger partial charge in [0, 0.05) is 24.7 Å². The summed E-state index contributed by atoms with van der Waals surface area (Å²) in [5, 5.41) is 13.6. The number of nitrogens with zero attached hydrogens (tertiary/aromatic N) is 1. The van der Waals surface area contributed by atoms with Gasteiger partial charge in [0.2, 0.25) is 11.7 Å². The molecular weight excluding hydrogens is 300 g/mol. The van der Waals surface area contributed by atoms with E-state index in [1.165, 1.54) is 25.1 Å². The van der Waals surface area contributed by atoms with Crippen molar-refractivity contribution in [3.8, 4) is 17.2 Å². The molecule has 0 unspecified atom stereocenters. The molecule has 1 amide bonds. The zero-order valence-corrected chi connectivity index (χ0v) is 12.7. The molecule has 0 aliphatic carbocycles. The Morgan fingerprint density at radius 1 is 1.17 bits per heavy atom. The van der Waals surface area contributed by atoms with E-state index < -0.39 is 4.92 Å². The molecule has 2 aromatic carbocycles. The third kappa shape index (κ3) is 4.44. The Morgan fingerprint density at radius 2 is 1.83 bits per heavy atom. The lowest BCUT2D eigenvalue weighted by atomic mass is 10.2. The summed E-state index contributed by atoms with van der Waals surface area (Å²) < 4.78 is 10.9. The fourth-order valence-electron chi connectivity index (χ4n) is 1.93. The number of nitro groups is 1. The molecule has 0 aliphatic heterocycles. The largest absolute Gasteiger partial charge is 0.487 e. The topological polar surface area (TPSA) is 90.7 Å². The first kappa shape index (κ1) is 16.3. The van der Waals surface area contributed by atoms with Crippen LogP contribution in [-0.4, -0.2) is 17.4 Å². The van der Waals surface area contributed by atoms with Gasteiger partial charge in [0.25, 0.3) is 0 Å². The van der Waals surface area contributed by atoms with Gasteiger partial charge in [0.1, 0.15) is 11.5 Å². The Kier molecular flexibility index (Phi) is 5.14. The van der Waals surface area contributed by atoms with Gasteiger partial charge in [-0.1, -0.05) is 0 Å². The summed E-state index contributed by atoms with van der Waals surface area (Å²) in [6.07, 6.45) is 0. The van der Waals surface area contributed by atoms with E-state index in [-0.39, 0.29) is 17.3 Å². The van der Waals surface area contributed by atoms with Gasteiger partial charge in [0.15, 0.2) is 0 Å². The number of nitrogens with one attached hydrogen (secondary N) is 1. The minimum absolute atomic E-state index is 0.111. The van der Waals surface area contributed by atoms with Crippen molar-refractivity contribution in [3.63, 3.8) is 0 Å². The lowest BCUT2D eigenvalue weighted by molar-refractivity contribution is -0.385. The monoisotopic (exact) mass is 316 g/mol. The van der Waals surface area contributed by atoms with E-state index >= 15 is 0 Å². The van der Waals surface area contributed by atoms with Gasteiger partial charge in [-0.3, -0.25) is 14.9 Å². The number of ether oxygens (including phenoxy) is 2. The van der Waals surface area contributed by atoms with E-state index in [1.54, 1.807) is 31.2 Å². The Balaban J connectivity index is 2.17. The lowest BCUT2D eigenvalue weighted by Gasteiger charge is -2.09. The molecule has 7 heteroatoms. The van der Waals surface area contributed by atoms with Crippen molar-refractivity contribution in [1.82, 2.24) is 0 Å². The molecule has 0 saturated heterocycles. The summed E-state index contributed by atoms with van der Waals surface area (Å²) in [5.41, 5.74) is 0.545. The quantitative estimate of drug-likeness (QED) is 0.647. The van der Waals surface area contributed by atoms with Crippen LogP contribution in [0.15, 0.2) is 42.5 Å². The fraction of sp³-hybridized carbons (Fsp3) is 0.188. The predicted molar refractivity (Wildman–Crippen MR) is 85.1 cm³/mol. The SMILES string of the molecule is CCOc1cc(Oc2ccc(NC(C)=O)cc2)ccc1[N+](=O)[O-]. The standard InChI is InChI=1S/C16H16N2O5/c1-3-22-16-10-14(8-9-15(16)18(20)21)23-13-6-4-12(5-7-13)17-11(2)19/h4-10H,3H2,1-2H3,(H,17,19). The van der Waals surface area contributed by atoms with Gasteiger partial charge in [-0.05, 0) is 37.3 Å². The summed E-state index contributed by atoms with van der Waals surface area (Å²) in [5.74, 6) is 0.960. The van der Waals surface area contributed by atoms with Crippen molar-refractivity contribution < 1.29 is 19.2 Å². The number of hydrogen-bond acceptors (Lipinski definition) is 5. The normalized spacial score (nSPS) is 10.0. The first-order valence-electron chi connectivity index (χ1n) is 6.96. The van der Waals surface area contributed by atoms with Crippen LogP contribution in [0.4, 0.5) is 11.4 Å². The zero-order valence-electron chi connectivity index (χ0n) is 12.7. The molecule has 0 bridgehead atoms. The molecule has 0 aromatic heterocycles. The molecule has 0 saturated carbocycles. The minimum Gasteiger partial charge on any atom is -0.487 e. The van der Waals surface area contributed by atoms with Crippen LogP contribution < -0.4 is 14.8 Å². The fourth-order valence-corrected chi connectivity index (χ4v) is 1.93. The van der Waals surface area contributed by atoms with Gasteiger partial charge in [-0.25, -0.2) is 0 Å². The van der Waals surface area contributed by atoms with Crippen LogP contribution in [0.2, 0.25) is 0 Å². The van der Waals surface area contributed by atoms with Crippen molar-refractivity contribution in [3.05, 3.63) is 52.6 Å². The molecule has 1 N–H and O–H groups in total. The highest BCUT2D eigenvalue weighted by Gasteiger charge is 2.16. The minimum atomic E-state index is -0.503. The van der Waals surface area contributed by atoms with Crippen LogP contribution in [-0.2, 0) is 4.79 Å². The van der Waals surface area contributed by atoms with Crippen LogP contribution in [0, 0.1) is 10.1 Å². The third-order valence-electron chi connectivity index (χ3n) is 2.84. The number of hydrogen-bond donors (Lipinski definition) is 1. The summed E-state index contributed by atoms with van der Waals surface area (Å²) in [7, 11) is 0. The highest BCUT2D eigenvalue weighted by molar-refractivity contribution is 5.88. The number of amides is 1. The second-order valence-corrected chi connectivity index (χ2v) is 4.63. The van der Waals surface area contributed by atoms with Crippen molar-refractivity contribution in [2.24, 2.45) is 0 Å². The van der Waals surface area contributed by atoms with E-state index in [0.717, 1.165) is 0 Å². The Hall–Kier alpha value is -3.09. The van der Waals surface area contributed by atoms with Gasteiger partial charge in [-0.15, -0.1) is 0 Å².